The molecule has 0 aliphatic carbocycles. The molecule has 0 spiro atoms. The molecular weight excluding hydrogens is 464 g/mol. The van der Waals surface area contributed by atoms with Gasteiger partial charge in [0.1, 0.15) is 0 Å². The molecule has 4 aromatic rings. The smallest absolute Gasteiger partial charge is 0.270 e. The molecule has 176 valence electrons. The summed E-state index contributed by atoms with van der Waals surface area (Å²) in [6.45, 7) is 3.84. The normalized spacial score (nSPS) is 11.3. The standard InChI is InChI=1S/C25H22N6O3S/c1-17-11-13-19(14-12-17)18(2)26-27-23(32)16-35-25-29-28-24(30(25)21-8-4-3-5-9-21)20-7-6-10-22(15-20)31(33)34/h3-15H,16H2,1-2H3,(H,27,32)/b26-18+. The maximum atomic E-state index is 12.5. The Morgan fingerprint density at radius 2 is 1.80 bits per heavy atom. The molecule has 1 amide bonds. The summed E-state index contributed by atoms with van der Waals surface area (Å²) in [5, 5.41) is 24.4. The number of nitrogens with one attached hydrogen (secondary N) is 1. The predicted octanol–water partition coefficient (Wildman–Crippen LogP) is 4.78. The zero-order valence-corrected chi connectivity index (χ0v) is 19.9. The van der Waals surface area contributed by atoms with Crippen LogP contribution in [0.5, 0.6) is 0 Å². The van der Waals surface area contributed by atoms with Gasteiger partial charge >= 0.3 is 0 Å². The molecule has 0 saturated heterocycles. The number of para-hydroxylation sites is 1. The maximum absolute atomic E-state index is 12.5. The molecule has 0 atom stereocenters. The Balaban J connectivity index is 1.54. The Morgan fingerprint density at radius 3 is 2.51 bits per heavy atom. The number of nitro groups is 1. The first-order chi connectivity index (χ1) is 16.9. The van der Waals surface area contributed by atoms with Crippen LogP contribution in [0, 0.1) is 17.0 Å². The number of hydrazone groups is 1. The third kappa shape index (κ3) is 5.79. The molecule has 9 nitrogen and oxygen atoms in total. The highest BCUT2D eigenvalue weighted by Gasteiger charge is 2.19. The molecule has 0 bridgehead atoms. The van der Waals surface area contributed by atoms with Gasteiger partial charge in [-0.1, -0.05) is 71.9 Å². The van der Waals surface area contributed by atoms with Crippen LogP contribution in [0.15, 0.2) is 89.1 Å². The monoisotopic (exact) mass is 486 g/mol. The molecule has 0 saturated carbocycles. The van der Waals surface area contributed by atoms with Gasteiger partial charge in [0.25, 0.3) is 11.6 Å². The molecule has 4 rings (SSSR count). The van der Waals surface area contributed by atoms with Crippen molar-refractivity contribution < 1.29 is 9.72 Å². The number of carbonyl (C=O) groups excluding carboxylic acids is 1. The summed E-state index contributed by atoms with van der Waals surface area (Å²) < 4.78 is 1.78. The Kier molecular flexibility index (Phi) is 7.32. The van der Waals surface area contributed by atoms with E-state index in [0.29, 0.717) is 22.3 Å². The van der Waals surface area contributed by atoms with Gasteiger partial charge in [0.2, 0.25) is 0 Å². The molecule has 0 aliphatic heterocycles. The van der Waals surface area contributed by atoms with E-state index in [2.05, 4.69) is 20.7 Å². The topological polar surface area (TPSA) is 115 Å². The molecule has 10 heteroatoms. The van der Waals surface area contributed by atoms with Gasteiger partial charge in [-0.25, -0.2) is 5.43 Å². The van der Waals surface area contributed by atoms with Gasteiger partial charge in [-0.3, -0.25) is 19.5 Å². The summed E-state index contributed by atoms with van der Waals surface area (Å²) in [5.41, 5.74) is 6.63. The van der Waals surface area contributed by atoms with Crippen molar-refractivity contribution >= 4 is 29.1 Å². The number of aryl methyl sites for hydroxylation is 1. The zero-order chi connectivity index (χ0) is 24.8. The number of thioether (sulfide) groups is 1. The summed E-state index contributed by atoms with van der Waals surface area (Å²) in [6, 6.07) is 23.5. The number of amides is 1. The third-order valence-corrected chi connectivity index (χ3v) is 6.04. The fourth-order valence-corrected chi connectivity index (χ4v) is 4.03. The highest BCUT2D eigenvalue weighted by molar-refractivity contribution is 7.99. The van der Waals surface area contributed by atoms with Gasteiger partial charge in [0.05, 0.1) is 16.4 Å². The highest BCUT2D eigenvalue weighted by atomic mass is 32.2. The van der Waals surface area contributed by atoms with E-state index in [1.807, 2.05) is 68.4 Å². The highest BCUT2D eigenvalue weighted by Crippen LogP contribution is 2.29. The number of aromatic nitrogens is 3. The van der Waals surface area contributed by atoms with Crippen molar-refractivity contribution in [2.45, 2.75) is 19.0 Å². The van der Waals surface area contributed by atoms with Crippen molar-refractivity contribution in [3.05, 3.63) is 100 Å². The van der Waals surface area contributed by atoms with E-state index in [1.165, 1.54) is 23.9 Å². The van der Waals surface area contributed by atoms with Crippen LogP contribution in [0.4, 0.5) is 5.69 Å². The van der Waals surface area contributed by atoms with Crippen LogP contribution in [-0.4, -0.2) is 37.1 Å². The summed E-state index contributed by atoms with van der Waals surface area (Å²) in [4.78, 5) is 23.3. The van der Waals surface area contributed by atoms with E-state index >= 15 is 0 Å². The Bertz CT molecular complexity index is 1380. The van der Waals surface area contributed by atoms with Gasteiger partial charge in [-0.05, 0) is 31.5 Å². The van der Waals surface area contributed by atoms with Crippen LogP contribution >= 0.6 is 11.8 Å². The van der Waals surface area contributed by atoms with Gasteiger partial charge in [0, 0.05) is 23.4 Å². The predicted molar refractivity (Wildman–Crippen MR) is 136 cm³/mol. The minimum atomic E-state index is -0.453. The van der Waals surface area contributed by atoms with Crippen LogP contribution in [0.25, 0.3) is 17.1 Å². The molecule has 0 unspecified atom stereocenters. The Morgan fingerprint density at radius 1 is 1.06 bits per heavy atom. The molecule has 35 heavy (non-hydrogen) atoms. The van der Waals surface area contributed by atoms with Crippen molar-refractivity contribution in [1.82, 2.24) is 20.2 Å². The van der Waals surface area contributed by atoms with Crippen molar-refractivity contribution in [1.29, 1.82) is 0 Å². The molecule has 0 radical (unpaired) electrons. The van der Waals surface area contributed by atoms with Crippen molar-refractivity contribution in [2.24, 2.45) is 5.10 Å². The van der Waals surface area contributed by atoms with Crippen LogP contribution in [0.1, 0.15) is 18.1 Å². The average molecular weight is 487 g/mol. The Hall–Kier alpha value is -4.31. The van der Waals surface area contributed by atoms with Crippen molar-refractivity contribution in [3.63, 3.8) is 0 Å². The average Bonchev–Trinajstić information content (AvgIpc) is 3.31. The lowest BCUT2D eigenvalue weighted by Crippen LogP contribution is -2.21. The van der Waals surface area contributed by atoms with Gasteiger partial charge in [-0.15, -0.1) is 10.2 Å². The number of carbonyl (C=O) groups is 1. The van der Waals surface area contributed by atoms with Gasteiger partial charge in [0.15, 0.2) is 11.0 Å². The van der Waals surface area contributed by atoms with E-state index in [9.17, 15) is 14.9 Å². The molecular formula is C25H22N6O3S. The molecule has 1 heterocycles. The Labute approximate surface area is 206 Å². The van der Waals surface area contributed by atoms with Gasteiger partial charge in [-0.2, -0.15) is 5.10 Å². The molecule has 3 aromatic carbocycles. The second-order valence-corrected chi connectivity index (χ2v) is 8.61. The number of nitrogens with zero attached hydrogens (tertiary/aromatic N) is 5. The first-order valence-corrected chi connectivity index (χ1v) is 11.7. The van der Waals surface area contributed by atoms with Crippen LogP contribution < -0.4 is 5.43 Å². The summed E-state index contributed by atoms with van der Waals surface area (Å²) in [6.07, 6.45) is 0. The second kappa shape index (κ2) is 10.7. The van der Waals surface area contributed by atoms with E-state index < -0.39 is 4.92 Å². The van der Waals surface area contributed by atoms with Crippen LogP contribution in [0.2, 0.25) is 0 Å². The second-order valence-electron chi connectivity index (χ2n) is 7.67. The van der Waals surface area contributed by atoms with Gasteiger partial charge < -0.3 is 0 Å². The van der Waals surface area contributed by atoms with Crippen molar-refractivity contribution in [2.75, 3.05) is 5.75 Å². The molecule has 0 aliphatic rings. The molecule has 0 fully saturated rings. The third-order valence-electron chi connectivity index (χ3n) is 5.11. The quantitative estimate of drug-likeness (QED) is 0.166. The number of hydrogen-bond donors (Lipinski definition) is 1. The van der Waals surface area contributed by atoms with Crippen LogP contribution in [0.3, 0.4) is 0 Å². The molecule has 1 aromatic heterocycles. The fraction of sp³-hybridized carbons (Fsp3) is 0.120. The number of benzene rings is 3. The summed E-state index contributed by atoms with van der Waals surface area (Å²) in [7, 11) is 0. The lowest BCUT2D eigenvalue weighted by atomic mass is 10.1. The number of nitro benzene ring substituents is 1. The van der Waals surface area contributed by atoms with E-state index in [4.69, 9.17) is 0 Å². The number of non-ortho nitro benzene ring substituents is 1. The molecule has 1 N–H and O–H groups in total. The fourth-order valence-electron chi connectivity index (χ4n) is 3.29. The first kappa shape index (κ1) is 23.8. The zero-order valence-electron chi connectivity index (χ0n) is 19.1. The van der Waals surface area contributed by atoms with E-state index in [-0.39, 0.29) is 17.3 Å². The maximum Gasteiger partial charge on any atom is 0.270 e. The summed E-state index contributed by atoms with van der Waals surface area (Å²) in [5.74, 6) is 0.210. The summed E-state index contributed by atoms with van der Waals surface area (Å²) >= 11 is 1.20. The van der Waals surface area contributed by atoms with Crippen molar-refractivity contribution in [3.8, 4) is 17.1 Å². The minimum Gasteiger partial charge on any atom is -0.272 e. The lowest BCUT2D eigenvalue weighted by Gasteiger charge is -2.10. The van der Waals surface area contributed by atoms with E-state index in [1.54, 1.807) is 16.7 Å². The van der Waals surface area contributed by atoms with E-state index in [0.717, 1.165) is 16.8 Å². The lowest BCUT2D eigenvalue weighted by molar-refractivity contribution is -0.384. The van der Waals surface area contributed by atoms with Crippen LogP contribution in [-0.2, 0) is 4.79 Å². The first-order valence-electron chi connectivity index (χ1n) is 10.7. The number of hydrogen-bond acceptors (Lipinski definition) is 7. The SMILES string of the molecule is C/C(=N\NC(=O)CSc1nnc(-c2cccc([N+](=O)[O-])c2)n1-c1ccccc1)c1ccc(C)cc1. The minimum absolute atomic E-state index is 0.0412. The number of rotatable bonds is 8. The largest absolute Gasteiger partial charge is 0.272 e.